The zero-order valence-electron chi connectivity index (χ0n) is 23.6. The van der Waals surface area contributed by atoms with Crippen LogP contribution in [0.15, 0.2) is 42.9 Å². The van der Waals surface area contributed by atoms with Crippen LogP contribution in [0, 0.1) is 35.5 Å². The first-order valence-electron chi connectivity index (χ1n) is 14.1. The zero-order chi connectivity index (χ0) is 28.2. The fraction of sp³-hybridized carbons (Fsp3) is 0.548. The number of carbonyl (C=O) groups is 1. The van der Waals surface area contributed by atoms with E-state index in [1.807, 2.05) is 18.2 Å². The summed E-state index contributed by atoms with van der Waals surface area (Å²) in [4.78, 5) is 24.5. The molecule has 2 N–H and O–H groups in total. The molecule has 2 aliphatic carbocycles. The summed E-state index contributed by atoms with van der Waals surface area (Å²) in [7, 11) is 0. The molecule has 2 unspecified atom stereocenters. The second-order valence-corrected chi connectivity index (χ2v) is 11.9. The van der Waals surface area contributed by atoms with E-state index in [0.717, 1.165) is 49.9 Å². The number of benzene rings is 1. The second-order valence-electron chi connectivity index (χ2n) is 11.9. The maximum atomic E-state index is 12.2. The van der Waals surface area contributed by atoms with Crippen molar-refractivity contribution in [3.8, 4) is 6.07 Å². The van der Waals surface area contributed by atoms with E-state index in [9.17, 15) is 20.3 Å². The minimum atomic E-state index is -1.14. The normalized spacial score (nSPS) is 20.1. The third-order valence-electron chi connectivity index (χ3n) is 8.45. The Morgan fingerprint density at radius 2 is 2.00 bits per heavy atom. The summed E-state index contributed by atoms with van der Waals surface area (Å²) >= 11 is 0. The van der Waals surface area contributed by atoms with Gasteiger partial charge in [0.1, 0.15) is 5.60 Å². The van der Waals surface area contributed by atoms with Gasteiger partial charge < -0.3 is 15.1 Å². The van der Waals surface area contributed by atoms with Gasteiger partial charge in [-0.1, -0.05) is 25.5 Å². The highest BCUT2D eigenvalue weighted by Gasteiger charge is 2.52. The quantitative estimate of drug-likeness (QED) is 0.365. The zero-order valence-corrected chi connectivity index (χ0v) is 23.6. The highest BCUT2D eigenvalue weighted by atomic mass is 16.4. The molecule has 0 radical (unpaired) electrons. The number of allylic oxidation sites excluding steroid dienone is 1. The van der Waals surface area contributed by atoms with Gasteiger partial charge in [-0.3, -0.25) is 9.88 Å². The molecule has 208 valence electrons. The molecule has 1 heterocycles. The summed E-state index contributed by atoms with van der Waals surface area (Å²) in [6.07, 6.45) is 13.8. The number of unbranched alkanes of at least 4 members (excludes halogenated alkanes) is 1. The van der Waals surface area contributed by atoms with Crippen molar-refractivity contribution >= 4 is 17.6 Å². The first-order valence-corrected chi connectivity index (χ1v) is 14.1. The van der Waals surface area contributed by atoms with Gasteiger partial charge in [-0.15, -0.1) is 0 Å². The molecule has 0 aliphatic heterocycles. The van der Waals surface area contributed by atoms with Gasteiger partial charge in [0.05, 0.1) is 29.7 Å². The molecule has 1 aromatic carbocycles. The molecule has 2 aromatic rings. The molecule has 0 saturated heterocycles. The van der Waals surface area contributed by atoms with Crippen LogP contribution in [0.5, 0.6) is 0 Å². The van der Waals surface area contributed by atoms with Gasteiger partial charge in [-0.2, -0.15) is 5.26 Å². The molecule has 1 spiro atoms. The number of rotatable bonds is 10. The van der Waals surface area contributed by atoms with Crippen molar-refractivity contribution in [3.63, 3.8) is 0 Å². The number of carboxylic acid groups (broad SMARTS) is 1. The molecule has 2 atom stereocenters. The van der Waals surface area contributed by atoms with Crippen molar-refractivity contribution in [2.75, 3.05) is 22.9 Å². The minimum Gasteiger partial charge on any atom is -0.465 e. The molecule has 4 rings (SSSR count). The predicted octanol–water partition coefficient (Wildman–Crippen LogP) is 6.39. The summed E-state index contributed by atoms with van der Waals surface area (Å²) < 4.78 is 0. The molecule has 8 heteroatoms. The van der Waals surface area contributed by atoms with Crippen LogP contribution >= 0.6 is 0 Å². The van der Waals surface area contributed by atoms with E-state index in [4.69, 9.17) is 0 Å². The average Bonchev–Trinajstić information content (AvgIpc) is 3.68. The lowest BCUT2D eigenvalue weighted by Crippen LogP contribution is -2.41. The largest absolute Gasteiger partial charge is 0.465 e. The van der Waals surface area contributed by atoms with Gasteiger partial charge in [0.15, 0.2) is 5.82 Å². The monoisotopic (exact) mass is 531 g/mol. The second kappa shape index (κ2) is 11.7. The Morgan fingerprint density at radius 3 is 2.59 bits per heavy atom. The standard InChI is InChI=1S/C31H41N5O3/c1-5-6-7-14-35(26-16-23(17-32)9-8-22(26)2)21-25-15-24(10-11-31(25)12-13-31)20-36(29(37)38)28-19-33-27(18-34-28)30(3,4)39/h7-9,14,16,18-19,24-25,39H,5-6,10-13,15,20-21H2,1-4H3,(H,37,38)/b14-7+. The van der Waals surface area contributed by atoms with Crippen LogP contribution in [-0.2, 0) is 5.60 Å². The molecule has 2 fully saturated rings. The maximum absolute atomic E-state index is 12.2. The molecule has 39 heavy (non-hydrogen) atoms. The van der Waals surface area contributed by atoms with Crippen molar-refractivity contribution in [1.82, 2.24) is 9.97 Å². The summed E-state index contributed by atoms with van der Waals surface area (Å²) in [5.74, 6) is 0.917. The summed E-state index contributed by atoms with van der Waals surface area (Å²) in [6, 6.07) is 8.14. The number of anilines is 2. The highest BCUT2D eigenvalue weighted by Crippen LogP contribution is 2.61. The van der Waals surface area contributed by atoms with Gasteiger partial charge >= 0.3 is 6.09 Å². The molecular formula is C31H41N5O3. The van der Waals surface area contributed by atoms with Crippen molar-refractivity contribution in [3.05, 3.63) is 59.7 Å². The van der Waals surface area contributed by atoms with Gasteiger partial charge in [-0.05, 0) is 94.2 Å². The Bertz CT molecular complexity index is 1220. The summed E-state index contributed by atoms with van der Waals surface area (Å²) in [6.45, 7) is 8.72. The predicted molar refractivity (Wildman–Crippen MR) is 152 cm³/mol. The van der Waals surface area contributed by atoms with Crippen LogP contribution in [0.2, 0.25) is 0 Å². The number of nitriles is 1. The number of aliphatic hydroxyl groups is 1. The van der Waals surface area contributed by atoms with E-state index >= 15 is 0 Å². The molecule has 2 aliphatic rings. The number of hydrogen-bond donors (Lipinski definition) is 2. The minimum absolute atomic E-state index is 0.209. The molecule has 2 saturated carbocycles. The van der Waals surface area contributed by atoms with E-state index in [0.29, 0.717) is 29.1 Å². The Hall–Kier alpha value is -3.44. The first kappa shape index (κ1) is 28.6. The number of aromatic nitrogens is 2. The fourth-order valence-electron chi connectivity index (χ4n) is 5.86. The Morgan fingerprint density at radius 1 is 1.23 bits per heavy atom. The van der Waals surface area contributed by atoms with Crippen LogP contribution in [0.3, 0.4) is 0 Å². The van der Waals surface area contributed by atoms with Gasteiger partial charge in [0.2, 0.25) is 0 Å². The van der Waals surface area contributed by atoms with Gasteiger partial charge in [0, 0.05) is 25.0 Å². The Labute approximate surface area is 232 Å². The van der Waals surface area contributed by atoms with Gasteiger partial charge in [0.25, 0.3) is 0 Å². The average molecular weight is 532 g/mol. The van der Waals surface area contributed by atoms with Crippen molar-refractivity contribution in [1.29, 1.82) is 5.26 Å². The molecular weight excluding hydrogens is 490 g/mol. The number of hydrogen-bond acceptors (Lipinski definition) is 6. The molecule has 8 nitrogen and oxygen atoms in total. The highest BCUT2D eigenvalue weighted by molar-refractivity contribution is 5.84. The topological polar surface area (TPSA) is 114 Å². The number of aryl methyl sites for hydroxylation is 1. The van der Waals surface area contributed by atoms with Crippen molar-refractivity contribution in [2.45, 2.75) is 78.2 Å². The van der Waals surface area contributed by atoms with E-state index in [-0.39, 0.29) is 11.7 Å². The lowest BCUT2D eigenvalue weighted by atomic mass is 9.71. The van der Waals surface area contributed by atoms with Crippen molar-refractivity contribution < 1.29 is 15.0 Å². The molecule has 1 aromatic heterocycles. The van der Waals surface area contributed by atoms with Crippen molar-refractivity contribution in [2.24, 2.45) is 17.3 Å². The van der Waals surface area contributed by atoms with Crippen LogP contribution in [0.1, 0.15) is 82.5 Å². The van der Waals surface area contributed by atoms with E-state index < -0.39 is 11.7 Å². The molecule has 1 amide bonds. The fourth-order valence-corrected chi connectivity index (χ4v) is 5.86. The van der Waals surface area contributed by atoms with Gasteiger partial charge in [-0.25, -0.2) is 9.78 Å². The SMILES string of the molecule is CCC/C=C/N(CC1CC(CN(C(=O)O)c2cnc(C(C)(C)O)cn2)CCC12CC2)c1cc(C#N)ccc1C. The lowest BCUT2D eigenvalue weighted by Gasteiger charge is -2.40. The first-order chi connectivity index (χ1) is 18.6. The lowest BCUT2D eigenvalue weighted by molar-refractivity contribution is 0.0734. The van der Waals surface area contributed by atoms with E-state index in [1.165, 1.54) is 30.1 Å². The smallest absolute Gasteiger partial charge is 0.413 e. The van der Waals surface area contributed by atoms with Crippen LogP contribution in [-0.4, -0.2) is 39.4 Å². The molecule has 0 bridgehead atoms. The van der Waals surface area contributed by atoms with Crippen LogP contribution in [0.25, 0.3) is 0 Å². The van der Waals surface area contributed by atoms with Crippen LogP contribution < -0.4 is 9.80 Å². The summed E-state index contributed by atoms with van der Waals surface area (Å²) in [5.41, 5.74) is 2.44. The summed E-state index contributed by atoms with van der Waals surface area (Å²) in [5, 5.41) is 29.7. The van der Waals surface area contributed by atoms with Crippen LogP contribution in [0.4, 0.5) is 16.3 Å². The third-order valence-corrected chi connectivity index (χ3v) is 8.45. The third kappa shape index (κ3) is 6.77. The Balaban J connectivity index is 1.54. The Kier molecular flexibility index (Phi) is 8.60. The van der Waals surface area contributed by atoms with E-state index in [2.05, 4.69) is 47.1 Å². The number of amides is 1. The number of nitrogens with zero attached hydrogens (tertiary/aromatic N) is 5. The maximum Gasteiger partial charge on any atom is 0.413 e. The van der Waals surface area contributed by atoms with E-state index in [1.54, 1.807) is 13.8 Å².